The third-order valence-corrected chi connectivity index (χ3v) is 5.15. The molecule has 0 heterocycles. The number of benzene rings is 2. The average Bonchev–Trinajstić information content (AvgIpc) is 2.88. The predicted octanol–water partition coefficient (Wildman–Crippen LogP) is 2.53. The third-order valence-electron chi connectivity index (χ3n) is 5.15. The van der Waals surface area contributed by atoms with Crippen LogP contribution in [-0.2, 0) is 41.5 Å². The van der Waals surface area contributed by atoms with Crippen LogP contribution in [0.3, 0.4) is 0 Å². The zero-order valence-corrected chi connectivity index (χ0v) is 19.9. The van der Waals surface area contributed by atoms with E-state index in [2.05, 4.69) is 9.47 Å². The van der Waals surface area contributed by atoms with Gasteiger partial charge in [-0.25, -0.2) is 0 Å². The summed E-state index contributed by atoms with van der Waals surface area (Å²) < 4.78 is 20.5. The number of carboxylic acid groups (broad SMARTS) is 2. The number of carboxylic acids is 2. The molecule has 2 N–H and O–H groups in total. The predicted molar refractivity (Wildman–Crippen MR) is 127 cm³/mol. The standard InChI is InChI=1S/C26H28O10/c1-33-25(31)22(26(32)34-2)16-18-7-11-20(12-8-18)36-14-4-3-13-35-19-9-5-17(6-10-19)15-21(23(27)28)24(29)30/h3-12,21-22H,13-16H2,1-2H3,(H,27,28)(H,29,30)/b4-3-. The van der Waals surface area contributed by atoms with E-state index in [4.69, 9.17) is 19.7 Å². The summed E-state index contributed by atoms with van der Waals surface area (Å²) in [5.74, 6) is -5.43. The molecule has 2 aromatic rings. The molecule has 0 aliphatic rings. The minimum atomic E-state index is -1.49. The van der Waals surface area contributed by atoms with Crippen molar-refractivity contribution in [3.63, 3.8) is 0 Å². The second-order valence-corrected chi connectivity index (χ2v) is 7.62. The Hall–Kier alpha value is -4.34. The summed E-state index contributed by atoms with van der Waals surface area (Å²) in [6.07, 6.45) is 3.58. The Morgan fingerprint density at radius 2 is 1.03 bits per heavy atom. The van der Waals surface area contributed by atoms with E-state index < -0.39 is 35.7 Å². The molecule has 0 amide bonds. The van der Waals surface area contributed by atoms with Gasteiger partial charge in [-0.15, -0.1) is 0 Å². The number of aliphatic carboxylic acids is 2. The molecule has 0 saturated heterocycles. The molecule has 10 heteroatoms. The Balaban J connectivity index is 1.76. The van der Waals surface area contributed by atoms with E-state index in [9.17, 15) is 19.2 Å². The number of ether oxygens (including phenoxy) is 4. The van der Waals surface area contributed by atoms with Crippen LogP contribution in [0.5, 0.6) is 11.5 Å². The van der Waals surface area contributed by atoms with Crippen molar-refractivity contribution in [3.8, 4) is 11.5 Å². The van der Waals surface area contributed by atoms with Gasteiger partial charge in [0.25, 0.3) is 0 Å². The highest BCUT2D eigenvalue weighted by atomic mass is 16.5. The fourth-order valence-electron chi connectivity index (χ4n) is 3.17. The largest absolute Gasteiger partial charge is 0.490 e. The molecule has 0 aliphatic carbocycles. The fraction of sp³-hybridized carbons (Fsp3) is 0.308. The molecule has 0 atom stereocenters. The van der Waals surface area contributed by atoms with Crippen LogP contribution < -0.4 is 9.47 Å². The molecule has 0 aromatic heterocycles. The maximum absolute atomic E-state index is 11.8. The number of methoxy groups -OCH3 is 2. The fourth-order valence-corrected chi connectivity index (χ4v) is 3.17. The zero-order chi connectivity index (χ0) is 26.5. The molecular formula is C26H28O10. The van der Waals surface area contributed by atoms with Crippen LogP contribution in [-0.4, -0.2) is 61.5 Å². The summed E-state index contributed by atoms with van der Waals surface area (Å²) in [7, 11) is 2.43. The third kappa shape index (κ3) is 8.79. The molecule has 0 unspecified atom stereocenters. The quantitative estimate of drug-likeness (QED) is 0.225. The lowest BCUT2D eigenvalue weighted by Gasteiger charge is -2.12. The minimum absolute atomic E-state index is 0.111. The number of esters is 2. The van der Waals surface area contributed by atoms with Crippen molar-refractivity contribution < 1.29 is 48.3 Å². The zero-order valence-electron chi connectivity index (χ0n) is 19.9. The Morgan fingerprint density at radius 3 is 1.36 bits per heavy atom. The molecule has 36 heavy (non-hydrogen) atoms. The van der Waals surface area contributed by atoms with Gasteiger partial charge in [0.15, 0.2) is 11.8 Å². The number of hydrogen-bond acceptors (Lipinski definition) is 8. The Kier molecular flexibility index (Phi) is 11.0. The van der Waals surface area contributed by atoms with Gasteiger partial charge in [-0.05, 0) is 60.4 Å². The summed E-state index contributed by atoms with van der Waals surface area (Å²) in [6.45, 7) is 0.567. The summed E-state index contributed by atoms with van der Waals surface area (Å²) in [4.78, 5) is 45.6. The number of rotatable bonds is 14. The highest BCUT2D eigenvalue weighted by Crippen LogP contribution is 2.18. The number of hydrogen-bond donors (Lipinski definition) is 2. The molecule has 10 nitrogen and oxygen atoms in total. The summed E-state index contributed by atoms with van der Waals surface area (Å²) in [5.41, 5.74) is 1.33. The average molecular weight is 501 g/mol. The molecule has 0 bridgehead atoms. The molecule has 2 rings (SSSR count). The molecule has 0 spiro atoms. The van der Waals surface area contributed by atoms with Gasteiger partial charge < -0.3 is 29.2 Å². The van der Waals surface area contributed by atoms with Gasteiger partial charge >= 0.3 is 23.9 Å². The smallest absolute Gasteiger partial charge is 0.320 e. The Bertz CT molecular complexity index is 1030. The molecule has 192 valence electrons. The van der Waals surface area contributed by atoms with Crippen LogP contribution in [0.1, 0.15) is 11.1 Å². The van der Waals surface area contributed by atoms with Crippen LogP contribution >= 0.6 is 0 Å². The van der Waals surface area contributed by atoms with Crippen molar-refractivity contribution in [2.75, 3.05) is 27.4 Å². The lowest BCUT2D eigenvalue weighted by atomic mass is 9.99. The molecule has 0 aliphatic heterocycles. The van der Waals surface area contributed by atoms with Gasteiger partial charge in [0.05, 0.1) is 14.2 Å². The van der Waals surface area contributed by atoms with Crippen LogP contribution in [0.25, 0.3) is 0 Å². The maximum Gasteiger partial charge on any atom is 0.320 e. The van der Waals surface area contributed by atoms with Crippen molar-refractivity contribution in [3.05, 3.63) is 71.8 Å². The Morgan fingerprint density at radius 1 is 0.667 bits per heavy atom. The monoisotopic (exact) mass is 500 g/mol. The first-order valence-corrected chi connectivity index (χ1v) is 10.9. The highest BCUT2D eigenvalue weighted by molar-refractivity contribution is 5.95. The van der Waals surface area contributed by atoms with Crippen LogP contribution in [0, 0.1) is 11.8 Å². The van der Waals surface area contributed by atoms with Crippen LogP contribution in [0.4, 0.5) is 0 Å². The van der Waals surface area contributed by atoms with Crippen molar-refractivity contribution in [2.45, 2.75) is 12.8 Å². The topological polar surface area (TPSA) is 146 Å². The lowest BCUT2D eigenvalue weighted by molar-refractivity contribution is -0.159. The van der Waals surface area contributed by atoms with Crippen molar-refractivity contribution in [1.82, 2.24) is 0 Å². The van der Waals surface area contributed by atoms with Gasteiger partial charge in [0.1, 0.15) is 24.7 Å². The highest BCUT2D eigenvalue weighted by Gasteiger charge is 2.29. The van der Waals surface area contributed by atoms with E-state index >= 15 is 0 Å². The van der Waals surface area contributed by atoms with E-state index in [-0.39, 0.29) is 19.4 Å². The summed E-state index contributed by atoms with van der Waals surface area (Å²) in [6, 6.07) is 13.5. The SMILES string of the molecule is COC(=O)C(Cc1ccc(OC/C=C\COc2ccc(CC(C(=O)O)C(=O)O)cc2)cc1)C(=O)OC. The van der Waals surface area contributed by atoms with E-state index in [0.717, 1.165) is 5.56 Å². The van der Waals surface area contributed by atoms with Gasteiger partial charge in [-0.2, -0.15) is 0 Å². The van der Waals surface area contributed by atoms with Crippen LogP contribution in [0.2, 0.25) is 0 Å². The molecule has 2 aromatic carbocycles. The van der Waals surface area contributed by atoms with Crippen molar-refractivity contribution in [1.29, 1.82) is 0 Å². The molecule has 0 saturated carbocycles. The summed E-state index contributed by atoms with van der Waals surface area (Å²) >= 11 is 0. The van der Waals surface area contributed by atoms with Crippen molar-refractivity contribution >= 4 is 23.9 Å². The second-order valence-electron chi connectivity index (χ2n) is 7.62. The van der Waals surface area contributed by atoms with E-state index in [1.54, 1.807) is 60.7 Å². The van der Waals surface area contributed by atoms with Crippen LogP contribution in [0.15, 0.2) is 60.7 Å². The lowest BCUT2D eigenvalue weighted by Crippen LogP contribution is -2.28. The molecule has 0 fully saturated rings. The number of carbonyl (C=O) groups is 4. The van der Waals surface area contributed by atoms with Gasteiger partial charge in [-0.3, -0.25) is 19.2 Å². The molecular weight excluding hydrogens is 472 g/mol. The maximum atomic E-state index is 11.8. The first-order chi connectivity index (χ1) is 17.2. The minimum Gasteiger partial charge on any atom is -0.490 e. The molecule has 0 radical (unpaired) electrons. The van der Waals surface area contributed by atoms with Gasteiger partial charge in [-0.1, -0.05) is 24.3 Å². The van der Waals surface area contributed by atoms with Gasteiger partial charge in [0.2, 0.25) is 0 Å². The van der Waals surface area contributed by atoms with E-state index in [0.29, 0.717) is 23.7 Å². The normalized spacial score (nSPS) is 10.9. The van der Waals surface area contributed by atoms with E-state index in [1.807, 2.05) is 0 Å². The van der Waals surface area contributed by atoms with Crippen molar-refractivity contribution in [2.24, 2.45) is 11.8 Å². The number of carbonyl (C=O) groups excluding carboxylic acids is 2. The second kappa shape index (κ2) is 14.1. The first kappa shape index (κ1) is 27.9. The summed E-state index contributed by atoms with van der Waals surface area (Å²) in [5, 5.41) is 17.9. The van der Waals surface area contributed by atoms with E-state index in [1.165, 1.54) is 14.2 Å². The first-order valence-electron chi connectivity index (χ1n) is 10.9. The Labute approximate surface area is 208 Å². The van der Waals surface area contributed by atoms with Gasteiger partial charge in [0, 0.05) is 0 Å².